The van der Waals surface area contributed by atoms with Crippen LogP contribution in [0.4, 0.5) is 5.69 Å². The lowest BCUT2D eigenvalue weighted by Gasteiger charge is -2.13. The maximum Gasteiger partial charge on any atom is 0.0372 e. The van der Waals surface area contributed by atoms with Crippen LogP contribution in [0.3, 0.4) is 0 Å². The zero-order chi connectivity index (χ0) is 12.0. The van der Waals surface area contributed by atoms with Crippen LogP contribution in [0.2, 0.25) is 0 Å². The molecule has 0 heterocycles. The average Bonchev–Trinajstić information content (AvgIpc) is 2.28. The van der Waals surface area contributed by atoms with E-state index in [9.17, 15) is 0 Å². The molecule has 0 spiro atoms. The quantitative estimate of drug-likeness (QED) is 0.720. The third-order valence-corrected chi connectivity index (χ3v) is 2.94. The van der Waals surface area contributed by atoms with E-state index in [1.165, 1.54) is 23.2 Å². The van der Waals surface area contributed by atoms with Gasteiger partial charge in [0.1, 0.15) is 0 Å². The summed E-state index contributed by atoms with van der Waals surface area (Å²) in [5.74, 6) is 0. The summed E-state index contributed by atoms with van der Waals surface area (Å²) in [4.78, 5) is 0. The molecule has 1 aromatic carbocycles. The van der Waals surface area contributed by atoms with Gasteiger partial charge in [-0.1, -0.05) is 19.1 Å². The first-order valence-electron chi connectivity index (χ1n) is 6.18. The Morgan fingerprint density at radius 1 is 1.19 bits per heavy atom. The van der Waals surface area contributed by atoms with Crippen molar-refractivity contribution in [2.45, 2.75) is 40.2 Å². The second kappa shape index (κ2) is 6.54. The largest absolute Gasteiger partial charge is 0.384 e. The SMILES string of the molecule is CCC(C)NCCNc1cc(C)ccc1C. The van der Waals surface area contributed by atoms with Gasteiger partial charge in [-0.25, -0.2) is 0 Å². The summed E-state index contributed by atoms with van der Waals surface area (Å²) < 4.78 is 0. The highest BCUT2D eigenvalue weighted by Crippen LogP contribution is 2.15. The van der Waals surface area contributed by atoms with Gasteiger partial charge in [-0.2, -0.15) is 0 Å². The molecule has 2 N–H and O–H groups in total. The highest BCUT2D eigenvalue weighted by Gasteiger charge is 1.99. The summed E-state index contributed by atoms with van der Waals surface area (Å²) in [5, 5.41) is 6.94. The van der Waals surface area contributed by atoms with Gasteiger partial charge < -0.3 is 10.6 Å². The fraction of sp³-hybridized carbons (Fsp3) is 0.571. The Morgan fingerprint density at radius 2 is 1.94 bits per heavy atom. The molecule has 0 aromatic heterocycles. The Kier molecular flexibility index (Phi) is 5.33. The third-order valence-electron chi connectivity index (χ3n) is 2.94. The Balaban J connectivity index is 2.34. The fourth-order valence-electron chi connectivity index (χ4n) is 1.59. The van der Waals surface area contributed by atoms with E-state index in [0.29, 0.717) is 6.04 Å². The van der Waals surface area contributed by atoms with Crippen molar-refractivity contribution >= 4 is 5.69 Å². The van der Waals surface area contributed by atoms with Crippen molar-refractivity contribution in [3.8, 4) is 0 Å². The van der Waals surface area contributed by atoms with Gasteiger partial charge in [0.25, 0.3) is 0 Å². The van der Waals surface area contributed by atoms with Crippen LogP contribution in [0.25, 0.3) is 0 Å². The van der Waals surface area contributed by atoms with Crippen LogP contribution in [-0.2, 0) is 0 Å². The zero-order valence-corrected chi connectivity index (χ0v) is 10.9. The minimum absolute atomic E-state index is 0.611. The van der Waals surface area contributed by atoms with Crippen LogP contribution in [0.15, 0.2) is 18.2 Å². The molecular weight excluding hydrogens is 196 g/mol. The molecule has 1 unspecified atom stereocenters. The van der Waals surface area contributed by atoms with Gasteiger partial charge in [0.15, 0.2) is 0 Å². The van der Waals surface area contributed by atoms with Crippen molar-refractivity contribution in [2.24, 2.45) is 0 Å². The van der Waals surface area contributed by atoms with Crippen LogP contribution in [-0.4, -0.2) is 19.1 Å². The van der Waals surface area contributed by atoms with Crippen molar-refractivity contribution in [1.29, 1.82) is 0 Å². The van der Waals surface area contributed by atoms with Gasteiger partial charge >= 0.3 is 0 Å². The molecular formula is C14H24N2. The molecule has 0 bridgehead atoms. The number of nitrogens with one attached hydrogen (secondary N) is 2. The Bertz CT molecular complexity index is 321. The van der Waals surface area contributed by atoms with Crippen molar-refractivity contribution in [3.05, 3.63) is 29.3 Å². The topological polar surface area (TPSA) is 24.1 Å². The smallest absolute Gasteiger partial charge is 0.0372 e. The van der Waals surface area contributed by atoms with E-state index >= 15 is 0 Å². The molecule has 0 amide bonds. The number of aryl methyl sites for hydroxylation is 2. The van der Waals surface area contributed by atoms with Crippen molar-refractivity contribution in [2.75, 3.05) is 18.4 Å². The molecule has 2 heteroatoms. The Hall–Kier alpha value is -1.02. The molecule has 1 aromatic rings. The van der Waals surface area contributed by atoms with Crippen LogP contribution in [0, 0.1) is 13.8 Å². The van der Waals surface area contributed by atoms with Gasteiger partial charge in [-0.15, -0.1) is 0 Å². The Morgan fingerprint density at radius 3 is 2.62 bits per heavy atom. The summed E-state index contributed by atoms with van der Waals surface area (Å²) in [6.45, 7) is 10.7. The lowest BCUT2D eigenvalue weighted by Crippen LogP contribution is -2.30. The maximum absolute atomic E-state index is 3.47. The molecule has 1 rings (SSSR count). The number of rotatable bonds is 6. The number of hydrogen-bond donors (Lipinski definition) is 2. The van der Waals surface area contributed by atoms with E-state index in [4.69, 9.17) is 0 Å². The zero-order valence-electron chi connectivity index (χ0n) is 10.9. The lowest BCUT2D eigenvalue weighted by atomic mass is 10.1. The summed E-state index contributed by atoms with van der Waals surface area (Å²) >= 11 is 0. The van der Waals surface area contributed by atoms with E-state index in [1.54, 1.807) is 0 Å². The highest BCUT2D eigenvalue weighted by molar-refractivity contribution is 5.52. The van der Waals surface area contributed by atoms with E-state index in [0.717, 1.165) is 13.1 Å². The molecule has 0 aliphatic carbocycles. The minimum Gasteiger partial charge on any atom is -0.384 e. The molecule has 0 aliphatic rings. The molecule has 0 saturated carbocycles. The number of benzene rings is 1. The van der Waals surface area contributed by atoms with E-state index in [2.05, 4.69) is 56.5 Å². The number of hydrogen-bond acceptors (Lipinski definition) is 2. The second-order valence-corrected chi connectivity index (χ2v) is 4.51. The first-order chi connectivity index (χ1) is 7.63. The van der Waals surface area contributed by atoms with E-state index < -0.39 is 0 Å². The van der Waals surface area contributed by atoms with E-state index in [-0.39, 0.29) is 0 Å². The molecule has 2 nitrogen and oxygen atoms in total. The Labute approximate surface area is 99.5 Å². The van der Waals surface area contributed by atoms with Gasteiger partial charge in [-0.05, 0) is 44.4 Å². The third kappa shape index (κ3) is 4.23. The monoisotopic (exact) mass is 220 g/mol. The van der Waals surface area contributed by atoms with Crippen LogP contribution in [0.5, 0.6) is 0 Å². The normalized spacial score (nSPS) is 12.5. The van der Waals surface area contributed by atoms with Gasteiger partial charge in [0.2, 0.25) is 0 Å². The van der Waals surface area contributed by atoms with Crippen molar-refractivity contribution < 1.29 is 0 Å². The summed E-state index contributed by atoms with van der Waals surface area (Å²) in [6.07, 6.45) is 1.18. The molecule has 16 heavy (non-hydrogen) atoms. The summed E-state index contributed by atoms with van der Waals surface area (Å²) in [6, 6.07) is 7.14. The molecule has 0 fully saturated rings. The first-order valence-corrected chi connectivity index (χ1v) is 6.18. The van der Waals surface area contributed by atoms with Gasteiger partial charge in [-0.3, -0.25) is 0 Å². The van der Waals surface area contributed by atoms with E-state index in [1.807, 2.05) is 0 Å². The standard InChI is InChI=1S/C14H24N2/c1-5-13(4)15-8-9-16-14-10-11(2)6-7-12(14)3/h6-7,10,13,15-16H,5,8-9H2,1-4H3. The van der Waals surface area contributed by atoms with Crippen LogP contribution < -0.4 is 10.6 Å². The second-order valence-electron chi connectivity index (χ2n) is 4.51. The van der Waals surface area contributed by atoms with Crippen molar-refractivity contribution in [3.63, 3.8) is 0 Å². The van der Waals surface area contributed by atoms with Gasteiger partial charge in [0.05, 0.1) is 0 Å². The summed E-state index contributed by atoms with van der Waals surface area (Å²) in [7, 11) is 0. The molecule has 0 saturated heterocycles. The minimum atomic E-state index is 0.611. The van der Waals surface area contributed by atoms with Crippen molar-refractivity contribution in [1.82, 2.24) is 5.32 Å². The predicted octanol–water partition coefficient (Wildman–Crippen LogP) is 3.10. The molecule has 90 valence electrons. The van der Waals surface area contributed by atoms with Gasteiger partial charge in [0, 0.05) is 24.8 Å². The molecule has 0 radical (unpaired) electrons. The highest BCUT2D eigenvalue weighted by atomic mass is 15.0. The van der Waals surface area contributed by atoms with Crippen LogP contribution >= 0.6 is 0 Å². The number of anilines is 1. The summed E-state index contributed by atoms with van der Waals surface area (Å²) in [5.41, 5.74) is 3.88. The molecule has 0 aliphatic heterocycles. The van der Waals surface area contributed by atoms with Crippen LogP contribution in [0.1, 0.15) is 31.4 Å². The maximum atomic E-state index is 3.47. The average molecular weight is 220 g/mol. The lowest BCUT2D eigenvalue weighted by molar-refractivity contribution is 0.546. The molecule has 1 atom stereocenters. The first kappa shape index (κ1) is 13.0. The predicted molar refractivity (Wildman–Crippen MR) is 72.2 cm³/mol. The fourth-order valence-corrected chi connectivity index (χ4v) is 1.59.